The van der Waals surface area contributed by atoms with Crippen LogP contribution in [0.5, 0.6) is 5.75 Å². The van der Waals surface area contributed by atoms with Gasteiger partial charge in [0.25, 0.3) is 5.91 Å². The van der Waals surface area contributed by atoms with Crippen LogP contribution in [0.15, 0.2) is 12.1 Å². The van der Waals surface area contributed by atoms with Crippen molar-refractivity contribution in [1.82, 2.24) is 9.80 Å². The number of piperazine rings is 1. The van der Waals surface area contributed by atoms with Crippen molar-refractivity contribution in [2.75, 3.05) is 33.3 Å². The van der Waals surface area contributed by atoms with Crippen LogP contribution >= 0.6 is 11.6 Å². The molecule has 0 spiro atoms. The summed E-state index contributed by atoms with van der Waals surface area (Å²) in [5.74, 6) is 0.710. The Balaban J connectivity index is 2.07. The van der Waals surface area contributed by atoms with Crippen molar-refractivity contribution in [3.8, 4) is 5.75 Å². The first-order valence-electron chi connectivity index (χ1n) is 8.85. The number of nitrogens with zero attached hydrogens (tertiary/aromatic N) is 2. The molecule has 2 rings (SSSR count). The van der Waals surface area contributed by atoms with E-state index in [9.17, 15) is 9.59 Å². The van der Waals surface area contributed by atoms with Crippen molar-refractivity contribution in [2.45, 2.75) is 33.6 Å². The molecule has 1 aliphatic heterocycles. The van der Waals surface area contributed by atoms with Crippen molar-refractivity contribution < 1.29 is 14.3 Å². The number of amides is 2. The fourth-order valence-corrected chi connectivity index (χ4v) is 3.35. The van der Waals surface area contributed by atoms with Crippen molar-refractivity contribution in [1.29, 1.82) is 0 Å². The molecule has 138 valence electrons. The Hall–Kier alpha value is -1.75. The van der Waals surface area contributed by atoms with Gasteiger partial charge in [0.15, 0.2) is 0 Å². The maximum atomic E-state index is 12.8. The standard InChI is InChI=1S/C19H27ClN2O3/c1-5-14(6-2)18(23)21-7-9-22(10-8-21)19(24)15-12-16(20)13(3)11-17(15)25-4/h11-12,14H,5-10H2,1-4H3. The number of carbonyl (C=O) groups is 2. The first kappa shape index (κ1) is 19.6. The Labute approximate surface area is 154 Å². The molecule has 0 saturated carbocycles. The molecule has 0 aromatic heterocycles. The van der Waals surface area contributed by atoms with E-state index in [0.717, 1.165) is 18.4 Å². The van der Waals surface area contributed by atoms with Crippen molar-refractivity contribution >= 4 is 23.4 Å². The van der Waals surface area contributed by atoms with Gasteiger partial charge in [0, 0.05) is 37.1 Å². The summed E-state index contributed by atoms with van der Waals surface area (Å²) in [6.07, 6.45) is 1.71. The van der Waals surface area contributed by atoms with Crippen molar-refractivity contribution in [3.05, 3.63) is 28.3 Å². The highest BCUT2D eigenvalue weighted by atomic mass is 35.5. The average molecular weight is 367 g/mol. The van der Waals surface area contributed by atoms with E-state index in [1.54, 1.807) is 24.1 Å². The smallest absolute Gasteiger partial charge is 0.257 e. The van der Waals surface area contributed by atoms with Crippen LogP contribution in [0.1, 0.15) is 42.6 Å². The van der Waals surface area contributed by atoms with Crippen LogP contribution in [0.2, 0.25) is 5.02 Å². The van der Waals surface area contributed by atoms with Crippen molar-refractivity contribution in [2.24, 2.45) is 5.92 Å². The predicted octanol–water partition coefficient (Wildman–Crippen LogP) is 3.38. The minimum atomic E-state index is -0.103. The average Bonchev–Trinajstić information content (AvgIpc) is 2.64. The van der Waals surface area contributed by atoms with Gasteiger partial charge in [0.2, 0.25) is 5.91 Å². The first-order valence-corrected chi connectivity index (χ1v) is 9.22. The highest BCUT2D eigenvalue weighted by Gasteiger charge is 2.29. The van der Waals surface area contributed by atoms with Gasteiger partial charge in [-0.05, 0) is 37.5 Å². The maximum absolute atomic E-state index is 12.8. The summed E-state index contributed by atoms with van der Waals surface area (Å²) >= 11 is 6.18. The van der Waals surface area contributed by atoms with Gasteiger partial charge in [-0.15, -0.1) is 0 Å². The molecule has 0 unspecified atom stereocenters. The molecule has 5 nitrogen and oxygen atoms in total. The molecule has 0 radical (unpaired) electrons. The van der Waals surface area contributed by atoms with Gasteiger partial charge in [0.05, 0.1) is 12.7 Å². The third-order valence-electron chi connectivity index (χ3n) is 4.92. The lowest BCUT2D eigenvalue weighted by Gasteiger charge is -2.36. The van der Waals surface area contributed by atoms with Gasteiger partial charge in [0.1, 0.15) is 5.75 Å². The van der Waals surface area contributed by atoms with E-state index >= 15 is 0 Å². The van der Waals surface area contributed by atoms with E-state index < -0.39 is 0 Å². The van der Waals surface area contributed by atoms with E-state index in [0.29, 0.717) is 42.5 Å². The number of carbonyl (C=O) groups excluding carboxylic acids is 2. The number of hydrogen-bond donors (Lipinski definition) is 0. The SMILES string of the molecule is CCC(CC)C(=O)N1CCN(C(=O)c2cc(Cl)c(C)cc2OC)CC1. The number of benzene rings is 1. The van der Waals surface area contributed by atoms with E-state index in [1.807, 2.05) is 25.7 Å². The number of aryl methyl sites for hydroxylation is 1. The zero-order valence-corrected chi connectivity index (χ0v) is 16.2. The summed E-state index contributed by atoms with van der Waals surface area (Å²) < 4.78 is 5.34. The van der Waals surface area contributed by atoms with Gasteiger partial charge in [-0.1, -0.05) is 25.4 Å². The molecule has 6 heteroatoms. The van der Waals surface area contributed by atoms with Crippen LogP contribution in [0.3, 0.4) is 0 Å². The molecule has 0 N–H and O–H groups in total. The van der Waals surface area contributed by atoms with Gasteiger partial charge in [-0.2, -0.15) is 0 Å². The maximum Gasteiger partial charge on any atom is 0.257 e. The fourth-order valence-electron chi connectivity index (χ4n) is 3.19. The normalized spacial score (nSPS) is 14.8. The fraction of sp³-hybridized carbons (Fsp3) is 0.579. The largest absolute Gasteiger partial charge is 0.496 e. The molecule has 1 aromatic rings. The summed E-state index contributed by atoms with van der Waals surface area (Å²) in [6, 6.07) is 3.45. The lowest BCUT2D eigenvalue weighted by Crippen LogP contribution is -2.52. The minimum Gasteiger partial charge on any atom is -0.496 e. The Morgan fingerprint density at radius 3 is 2.20 bits per heavy atom. The zero-order chi connectivity index (χ0) is 18.6. The number of hydrogen-bond acceptors (Lipinski definition) is 3. The zero-order valence-electron chi connectivity index (χ0n) is 15.5. The highest BCUT2D eigenvalue weighted by Crippen LogP contribution is 2.28. The van der Waals surface area contributed by atoms with Gasteiger partial charge in [-0.25, -0.2) is 0 Å². The lowest BCUT2D eigenvalue weighted by molar-refractivity contribution is -0.137. The Morgan fingerprint density at radius 2 is 1.68 bits per heavy atom. The quantitative estimate of drug-likeness (QED) is 0.802. The van der Waals surface area contributed by atoms with Crippen LogP contribution in [0.25, 0.3) is 0 Å². The summed E-state index contributed by atoms with van der Waals surface area (Å²) in [5.41, 5.74) is 1.34. The molecule has 1 heterocycles. The predicted molar refractivity (Wildman–Crippen MR) is 99.3 cm³/mol. The Morgan fingerprint density at radius 1 is 1.12 bits per heavy atom. The molecule has 0 bridgehead atoms. The van der Waals surface area contributed by atoms with Gasteiger partial charge in [-0.3, -0.25) is 9.59 Å². The van der Waals surface area contributed by atoms with Crippen LogP contribution in [-0.2, 0) is 4.79 Å². The first-order chi connectivity index (χ1) is 11.9. The molecule has 1 fully saturated rings. The van der Waals surface area contributed by atoms with E-state index in [4.69, 9.17) is 16.3 Å². The van der Waals surface area contributed by atoms with Crippen LogP contribution < -0.4 is 4.74 Å². The molecule has 0 atom stereocenters. The molecule has 1 aliphatic rings. The third-order valence-corrected chi connectivity index (χ3v) is 5.33. The summed E-state index contributed by atoms with van der Waals surface area (Å²) in [5, 5.41) is 0.548. The molecular weight excluding hydrogens is 340 g/mol. The van der Waals surface area contributed by atoms with Crippen LogP contribution in [-0.4, -0.2) is 54.9 Å². The van der Waals surface area contributed by atoms with E-state index in [2.05, 4.69) is 0 Å². The molecule has 1 saturated heterocycles. The van der Waals surface area contributed by atoms with E-state index in [-0.39, 0.29) is 17.7 Å². The summed E-state index contributed by atoms with van der Waals surface area (Å²) in [7, 11) is 1.55. The Bertz CT molecular complexity index is 636. The second-order valence-electron chi connectivity index (χ2n) is 6.43. The third kappa shape index (κ3) is 4.27. The van der Waals surface area contributed by atoms with E-state index in [1.165, 1.54) is 0 Å². The minimum absolute atomic E-state index is 0.0817. The second kappa shape index (κ2) is 8.56. The number of ether oxygens (including phenoxy) is 1. The highest BCUT2D eigenvalue weighted by molar-refractivity contribution is 6.31. The van der Waals surface area contributed by atoms with Gasteiger partial charge >= 0.3 is 0 Å². The summed E-state index contributed by atoms with van der Waals surface area (Å²) in [4.78, 5) is 29.0. The van der Waals surface area contributed by atoms with Crippen LogP contribution in [0, 0.1) is 12.8 Å². The van der Waals surface area contributed by atoms with Crippen LogP contribution in [0.4, 0.5) is 0 Å². The molecule has 25 heavy (non-hydrogen) atoms. The van der Waals surface area contributed by atoms with Crippen molar-refractivity contribution in [3.63, 3.8) is 0 Å². The lowest BCUT2D eigenvalue weighted by atomic mass is 10.0. The van der Waals surface area contributed by atoms with Gasteiger partial charge < -0.3 is 14.5 Å². The number of methoxy groups -OCH3 is 1. The number of rotatable bonds is 5. The Kier molecular flexibility index (Phi) is 6.71. The molecule has 1 aromatic carbocycles. The number of halogens is 1. The summed E-state index contributed by atoms with van der Waals surface area (Å²) in [6.45, 7) is 8.16. The monoisotopic (exact) mass is 366 g/mol. The second-order valence-corrected chi connectivity index (χ2v) is 6.84. The molecule has 2 amide bonds. The topological polar surface area (TPSA) is 49.9 Å². The molecule has 0 aliphatic carbocycles. The molecular formula is C19H27ClN2O3.